The highest BCUT2D eigenvalue weighted by Crippen LogP contribution is 2.39. The Morgan fingerprint density at radius 3 is 2.90 bits per heavy atom. The minimum Gasteiger partial charge on any atom is -0.469 e. The molecule has 0 spiro atoms. The van der Waals surface area contributed by atoms with Crippen LogP contribution in [0.25, 0.3) is 22.5 Å². The summed E-state index contributed by atoms with van der Waals surface area (Å²) in [5.74, 6) is 1.78. The molecule has 2 heterocycles. The van der Waals surface area contributed by atoms with E-state index < -0.39 is 0 Å². The Kier molecular flexibility index (Phi) is 3.24. The zero-order chi connectivity index (χ0) is 14.1. The molecule has 0 radical (unpaired) electrons. The number of hydrogen-bond acceptors (Lipinski definition) is 4. The van der Waals surface area contributed by atoms with Crippen molar-refractivity contribution >= 4 is 17.4 Å². The fourth-order valence-electron chi connectivity index (χ4n) is 2.23. The number of nitrogen functional groups attached to an aromatic ring is 1. The van der Waals surface area contributed by atoms with Gasteiger partial charge in [0.25, 0.3) is 0 Å². The summed E-state index contributed by atoms with van der Waals surface area (Å²) in [6.45, 7) is 2.01. The first-order valence-electron chi connectivity index (χ1n) is 6.28. The second-order valence-electron chi connectivity index (χ2n) is 4.39. The molecule has 102 valence electrons. The summed E-state index contributed by atoms with van der Waals surface area (Å²) in [6, 6.07) is 9.28. The molecule has 0 aliphatic carbocycles. The Hall–Kier alpha value is -2.20. The minimum absolute atomic E-state index is 0.338. The van der Waals surface area contributed by atoms with Gasteiger partial charge in [0.05, 0.1) is 17.4 Å². The van der Waals surface area contributed by atoms with Gasteiger partial charge >= 0.3 is 0 Å². The monoisotopic (exact) mass is 288 g/mol. The average Bonchev–Trinajstić information content (AvgIpc) is 3.04. The lowest BCUT2D eigenvalue weighted by molar-refractivity contribution is 0.433. The molecule has 0 unspecified atom stereocenters. The number of anilines is 1. The summed E-state index contributed by atoms with van der Waals surface area (Å²) < 4.78 is 10.8. The number of nitrogens with zero attached hydrogens (tertiary/aromatic N) is 1. The van der Waals surface area contributed by atoms with Gasteiger partial charge < -0.3 is 14.7 Å². The standard InChI is InChI=1S/C15H13ClN2O2/c1-2-12-11(6-7-19-12)14-13(15(17)18-20-14)9-4-3-5-10(16)8-9/h3-8H,2H2,1H3,(H2,17,18). The van der Waals surface area contributed by atoms with Crippen LogP contribution < -0.4 is 5.73 Å². The van der Waals surface area contributed by atoms with Crippen LogP contribution >= 0.6 is 11.6 Å². The summed E-state index contributed by atoms with van der Waals surface area (Å²) in [5.41, 5.74) is 8.42. The van der Waals surface area contributed by atoms with Crippen LogP contribution in [0, 0.1) is 0 Å². The molecule has 0 atom stereocenters. The third-order valence-electron chi connectivity index (χ3n) is 3.14. The maximum atomic E-state index is 6.04. The maximum absolute atomic E-state index is 6.04. The molecule has 2 aromatic heterocycles. The van der Waals surface area contributed by atoms with E-state index in [1.54, 1.807) is 6.26 Å². The van der Waals surface area contributed by atoms with E-state index in [2.05, 4.69) is 5.16 Å². The topological polar surface area (TPSA) is 65.2 Å². The van der Waals surface area contributed by atoms with Gasteiger partial charge in [-0.15, -0.1) is 0 Å². The van der Waals surface area contributed by atoms with Crippen molar-refractivity contribution in [2.24, 2.45) is 0 Å². The van der Waals surface area contributed by atoms with E-state index >= 15 is 0 Å². The number of aryl methyl sites for hydroxylation is 1. The van der Waals surface area contributed by atoms with Crippen LogP contribution in [-0.4, -0.2) is 5.16 Å². The van der Waals surface area contributed by atoms with E-state index in [4.69, 9.17) is 26.3 Å². The first kappa shape index (κ1) is 12.8. The summed E-state index contributed by atoms with van der Waals surface area (Å²) in [4.78, 5) is 0. The number of furan rings is 1. The largest absolute Gasteiger partial charge is 0.469 e. The fourth-order valence-corrected chi connectivity index (χ4v) is 2.42. The first-order valence-corrected chi connectivity index (χ1v) is 6.66. The lowest BCUT2D eigenvalue weighted by Gasteiger charge is -2.03. The Morgan fingerprint density at radius 2 is 2.15 bits per heavy atom. The van der Waals surface area contributed by atoms with E-state index in [1.807, 2.05) is 37.3 Å². The van der Waals surface area contributed by atoms with Gasteiger partial charge in [0.2, 0.25) is 0 Å². The van der Waals surface area contributed by atoms with Gasteiger partial charge in [0.1, 0.15) is 5.76 Å². The summed E-state index contributed by atoms with van der Waals surface area (Å²) in [5, 5.41) is 4.51. The molecule has 0 bridgehead atoms. The van der Waals surface area contributed by atoms with Gasteiger partial charge in [-0.05, 0) is 23.8 Å². The van der Waals surface area contributed by atoms with Crippen LogP contribution in [-0.2, 0) is 6.42 Å². The maximum Gasteiger partial charge on any atom is 0.180 e. The van der Waals surface area contributed by atoms with Crippen molar-refractivity contribution in [3.05, 3.63) is 47.4 Å². The van der Waals surface area contributed by atoms with Gasteiger partial charge in [-0.25, -0.2) is 0 Å². The number of aromatic nitrogens is 1. The molecular weight excluding hydrogens is 276 g/mol. The number of hydrogen-bond donors (Lipinski definition) is 1. The van der Waals surface area contributed by atoms with E-state index in [9.17, 15) is 0 Å². The van der Waals surface area contributed by atoms with Gasteiger partial charge in [-0.1, -0.05) is 35.8 Å². The van der Waals surface area contributed by atoms with E-state index in [-0.39, 0.29) is 0 Å². The van der Waals surface area contributed by atoms with E-state index in [1.165, 1.54) is 0 Å². The molecule has 3 rings (SSSR count). The Bertz CT molecular complexity index is 746. The molecule has 0 amide bonds. The number of halogens is 1. The molecule has 4 nitrogen and oxygen atoms in total. The predicted molar refractivity (Wildman–Crippen MR) is 78.4 cm³/mol. The third kappa shape index (κ3) is 2.08. The summed E-state index contributed by atoms with van der Waals surface area (Å²) in [6.07, 6.45) is 2.40. The van der Waals surface area contributed by atoms with Crippen molar-refractivity contribution in [1.82, 2.24) is 5.16 Å². The van der Waals surface area contributed by atoms with Crippen LogP contribution in [0.2, 0.25) is 5.02 Å². The number of nitrogens with two attached hydrogens (primary N) is 1. The highest BCUT2D eigenvalue weighted by atomic mass is 35.5. The molecule has 0 saturated heterocycles. The summed E-state index contributed by atoms with van der Waals surface area (Å²) >= 11 is 6.04. The van der Waals surface area contributed by atoms with Crippen LogP contribution in [0.5, 0.6) is 0 Å². The molecule has 5 heteroatoms. The number of benzene rings is 1. The molecule has 1 aromatic carbocycles. The molecule has 0 fully saturated rings. The van der Waals surface area contributed by atoms with Crippen molar-refractivity contribution in [1.29, 1.82) is 0 Å². The highest BCUT2D eigenvalue weighted by Gasteiger charge is 2.21. The molecular formula is C15H13ClN2O2. The lowest BCUT2D eigenvalue weighted by Crippen LogP contribution is -1.89. The van der Waals surface area contributed by atoms with Crippen molar-refractivity contribution < 1.29 is 8.94 Å². The average molecular weight is 289 g/mol. The fraction of sp³-hybridized carbons (Fsp3) is 0.133. The molecule has 0 aliphatic heterocycles. The van der Waals surface area contributed by atoms with Gasteiger partial charge in [-0.3, -0.25) is 0 Å². The van der Waals surface area contributed by atoms with Crippen LogP contribution in [0.4, 0.5) is 5.82 Å². The molecule has 2 N–H and O–H groups in total. The Balaban J connectivity index is 2.20. The smallest absolute Gasteiger partial charge is 0.180 e. The Labute approximate surface area is 121 Å². The predicted octanol–water partition coefficient (Wildman–Crippen LogP) is 4.40. The van der Waals surface area contributed by atoms with Crippen LogP contribution in [0.1, 0.15) is 12.7 Å². The molecule has 0 saturated carbocycles. The third-order valence-corrected chi connectivity index (χ3v) is 3.38. The van der Waals surface area contributed by atoms with Crippen molar-refractivity contribution in [2.45, 2.75) is 13.3 Å². The second-order valence-corrected chi connectivity index (χ2v) is 4.83. The SMILES string of the molecule is CCc1occc1-c1onc(N)c1-c1cccc(Cl)c1. The second kappa shape index (κ2) is 5.06. The quantitative estimate of drug-likeness (QED) is 0.776. The van der Waals surface area contributed by atoms with Crippen molar-refractivity contribution in [3.8, 4) is 22.5 Å². The van der Waals surface area contributed by atoms with Crippen molar-refractivity contribution in [2.75, 3.05) is 5.73 Å². The van der Waals surface area contributed by atoms with Crippen molar-refractivity contribution in [3.63, 3.8) is 0 Å². The van der Waals surface area contributed by atoms with Gasteiger partial charge in [0.15, 0.2) is 11.6 Å². The molecule has 0 aliphatic rings. The molecule has 20 heavy (non-hydrogen) atoms. The normalized spacial score (nSPS) is 10.9. The van der Waals surface area contributed by atoms with Crippen LogP contribution in [0.3, 0.4) is 0 Å². The lowest BCUT2D eigenvalue weighted by atomic mass is 10.0. The van der Waals surface area contributed by atoms with Gasteiger partial charge in [0, 0.05) is 11.4 Å². The zero-order valence-electron chi connectivity index (χ0n) is 10.9. The van der Waals surface area contributed by atoms with Gasteiger partial charge in [-0.2, -0.15) is 0 Å². The van der Waals surface area contributed by atoms with E-state index in [0.717, 1.165) is 28.9 Å². The molecule has 3 aromatic rings. The Morgan fingerprint density at radius 1 is 1.30 bits per heavy atom. The summed E-state index contributed by atoms with van der Waals surface area (Å²) in [7, 11) is 0. The highest BCUT2D eigenvalue weighted by molar-refractivity contribution is 6.30. The number of rotatable bonds is 3. The van der Waals surface area contributed by atoms with Crippen LogP contribution in [0.15, 0.2) is 45.5 Å². The first-order chi connectivity index (χ1) is 9.70. The minimum atomic E-state index is 0.338. The van der Waals surface area contributed by atoms with E-state index in [0.29, 0.717) is 16.6 Å². The zero-order valence-corrected chi connectivity index (χ0v) is 11.6.